The standard InChI is InChI=1S/C22H17N3O2/c26-22(23-14-15-13-16-7-5-6-12-25(16)24-15)21-17-8-1-3-10-19(17)27-20-11-4-2-9-18(20)21/h1-13,21H,14H2,(H,23,26). The minimum Gasteiger partial charge on any atom is -0.457 e. The molecule has 1 aliphatic heterocycles. The molecular weight excluding hydrogens is 338 g/mol. The normalized spacial score (nSPS) is 12.9. The van der Waals surface area contributed by atoms with Crippen LogP contribution in [-0.4, -0.2) is 15.5 Å². The Bertz CT molecular complexity index is 1070. The quantitative estimate of drug-likeness (QED) is 0.607. The molecule has 1 N–H and O–H groups in total. The zero-order chi connectivity index (χ0) is 18.2. The van der Waals surface area contributed by atoms with Crippen molar-refractivity contribution in [1.29, 1.82) is 0 Å². The first-order valence-electron chi connectivity index (χ1n) is 8.86. The Morgan fingerprint density at radius 3 is 2.33 bits per heavy atom. The van der Waals surface area contributed by atoms with Crippen LogP contribution >= 0.6 is 0 Å². The molecular formula is C22H17N3O2. The Balaban J connectivity index is 1.44. The van der Waals surface area contributed by atoms with E-state index < -0.39 is 5.92 Å². The molecule has 2 aromatic carbocycles. The molecule has 0 unspecified atom stereocenters. The van der Waals surface area contributed by atoms with Crippen molar-refractivity contribution in [2.45, 2.75) is 12.5 Å². The van der Waals surface area contributed by atoms with Gasteiger partial charge in [0.1, 0.15) is 11.5 Å². The molecule has 3 heterocycles. The number of nitrogens with zero attached hydrogens (tertiary/aromatic N) is 2. The smallest absolute Gasteiger partial charge is 0.232 e. The van der Waals surface area contributed by atoms with E-state index in [9.17, 15) is 4.79 Å². The Morgan fingerprint density at radius 2 is 1.63 bits per heavy atom. The lowest BCUT2D eigenvalue weighted by atomic mass is 9.87. The lowest BCUT2D eigenvalue weighted by Crippen LogP contribution is -2.31. The van der Waals surface area contributed by atoms with Gasteiger partial charge in [0.15, 0.2) is 0 Å². The Hall–Kier alpha value is -3.60. The molecule has 5 rings (SSSR count). The van der Waals surface area contributed by atoms with E-state index in [4.69, 9.17) is 4.74 Å². The largest absolute Gasteiger partial charge is 0.457 e. The summed E-state index contributed by atoms with van der Waals surface area (Å²) in [6, 6.07) is 23.2. The van der Waals surface area contributed by atoms with Gasteiger partial charge in [-0.05, 0) is 30.3 Å². The number of carbonyl (C=O) groups is 1. The van der Waals surface area contributed by atoms with Gasteiger partial charge in [0.05, 0.1) is 23.7 Å². The first-order chi connectivity index (χ1) is 13.3. The molecule has 27 heavy (non-hydrogen) atoms. The fourth-order valence-electron chi connectivity index (χ4n) is 3.55. The summed E-state index contributed by atoms with van der Waals surface area (Å²) in [5, 5.41) is 7.54. The third-order valence-corrected chi connectivity index (χ3v) is 4.81. The third-order valence-electron chi connectivity index (χ3n) is 4.81. The monoisotopic (exact) mass is 355 g/mol. The maximum atomic E-state index is 13.1. The van der Waals surface area contributed by atoms with Crippen LogP contribution in [0.1, 0.15) is 22.7 Å². The predicted molar refractivity (Wildman–Crippen MR) is 102 cm³/mol. The van der Waals surface area contributed by atoms with Gasteiger partial charge < -0.3 is 10.1 Å². The molecule has 0 radical (unpaired) electrons. The van der Waals surface area contributed by atoms with Gasteiger partial charge in [-0.3, -0.25) is 4.79 Å². The van der Waals surface area contributed by atoms with Crippen molar-refractivity contribution in [2.75, 3.05) is 0 Å². The topological polar surface area (TPSA) is 55.6 Å². The van der Waals surface area contributed by atoms with Crippen molar-refractivity contribution in [3.63, 3.8) is 0 Å². The number of ether oxygens (including phenoxy) is 1. The zero-order valence-corrected chi connectivity index (χ0v) is 14.5. The van der Waals surface area contributed by atoms with Gasteiger partial charge in [0.25, 0.3) is 0 Å². The number of para-hydroxylation sites is 2. The number of amides is 1. The summed E-state index contributed by atoms with van der Waals surface area (Å²) >= 11 is 0. The molecule has 5 heteroatoms. The first kappa shape index (κ1) is 15.6. The third kappa shape index (κ3) is 2.73. The molecule has 4 aromatic rings. The number of fused-ring (bicyclic) bond motifs is 3. The number of nitrogens with one attached hydrogen (secondary N) is 1. The number of hydrogen-bond acceptors (Lipinski definition) is 3. The van der Waals surface area contributed by atoms with E-state index in [-0.39, 0.29) is 5.91 Å². The van der Waals surface area contributed by atoms with Crippen molar-refractivity contribution < 1.29 is 9.53 Å². The Labute approximate surface area is 156 Å². The summed E-state index contributed by atoms with van der Waals surface area (Å²) in [6.07, 6.45) is 1.89. The summed E-state index contributed by atoms with van der Waals surface area (Å²) < 4.78 is 7.77. The number of carbonyl (C=O) groups excluding carboxylic acids is 1. The summed E-state index contributed by atoms with van der Waals surface area (Å²) in [5.74, 6) is 0.992. The average molecular weight is 355 g/mol. The number of benzene rings is 2. The van der Waals surface area contributed by atoms with E-state index >= 15 is 0 Å². The summed E-state index contributed by atoms with van der Waals surface area (Å²) in [5.41, 5.74) is 3.58. The van der Waals surface area contributed by atoms with Gasteiger partial charge in [0, 0.05) is 17.3 Å². The molecule has 0 saturated carbocycles. The molecule has 1 aliphatic rings. The minimum atomic E-state index is -0.400. The molecule has 0 aliphatic carbocycles. The van der Waals surface area contributed by atoms with Crippen LogP contribution in [0.4, 0.5) is 0 Å². The molecule has 2 aromatic heterocycles. The lowest BCUT2D eigenvalue weighted by molar-refractivity contribution is -0.122. The highest BCUT2D eigenvalue weighted by Gasteiger charge is 2.32. The van der Waals surface area contributed by atoms with Crippen molar-refractivity contribution in [2.24, 2.45) is 0 Å². The van der Waals surface area contributed by atoms with Gasteiger partial charge >= 0.3 is 0 Å². The van der Waals surface area contributed by atoms with Crippen LogP contribution in [0.15, 0.2) is 79.0 Å². The minimum absolute atomic E-state index is 0.0599. The summed E-state index contributed by atoms with van der Waals surface area (Å²) in [6.45, 7) is 0.377. The van der Waals surface area contributed by atoms with Crippen molar-refractivity contribution in [3.05, 3.63) is 95.8 Å². The summed E-state index contributed by atoms with van der Waals surface area (Å²) in [7, 11) is 0. The van der Waals surface area contributed by atoms with Crippen LogP contribution in [0.25, 0.3) is 5.52 Å². The van der Waals surface area contributed by atoms with E-state index in [1.165, 1.54) is 0 Å². The van der Waals surface area contributed by atoms with Gasteiger partial charge in [-0.25, -0.2) is 4.52 Å². The van der Waals surface area contributed by atoms with Crippen LogP contribution < -0.4 is 10.1 Å². The van der Waals surface area contributed by atoms with Gasteiger partial charge in [-0.15, -0.1) is 0 Å². The van der Waals surface area contributed by atoms with Crippen LogP contribution in [0.2, 0.25) is 0 Å². The second-order valence-electron chi connectivity index (χ2n) is 6.53. The average Bonchev–Trinajstić information content (AvgIpc) is 3.13. The van der Waals surface area contributed by atoms with Crippen LogP contribution in [0, 0.1) is 0 Å². The van der Waals surface area contributed by atoms with Gasteiger partial charge in [0.2, 0.25) is 5.91 Å². The maximum absolute atomic E-state index is 13.1. The molecule has 1 amide bonds. The van der Waals surface area contributed by atoms with Crippen LogP contribution in [0.3, 0.4) is 0 Å². The number of pyridine rings is 1. The lowest BCUT2D eigenvalue weighted by Gasteiger charge is -2.27. The highest BCUT2D eigenvalue weighted by Crippen LogP contribution is 2.43. The second kappa shape index (κ2) is 6.29. The van der Waals surface area contributed by atoms with Gasteiger partial charge in [-0.1, -0.05) is 42.5 Å². The molecule has 0 bridgehead atoms. The van der Waals surface area contributed by atoms with E-state index in [0.717, 1.165) is 33.8 Å². The van der Waals surface area contributed by atoms with E-state index in [2.05, 4.69) is 10.4 Å². The fraction of sp³-hybridized carbons (Fsp3) is 0.0909. The highest BCUT2D eigenvalue weighted by atomic mass is 16.5. The Morgan fingerprint density at radius 1 is 0.963 bits per heavy atom. The highest BCUT2D eigenvalue weighted by molar-refractivity contribution is 5.89. The van der Waals surface area contributed by atoms with Crippen LogP contribution in [-0.2, 0) is 11.3 Å². The molecule has 5 nitrogen and oxygen atoms in total. The van der Waals surface area contributed by atoms with Crippen molar-refractivity contribution in [1.82, 2.24) is 14.9 Å². The van der Waals surface area contributed by atoms with E-state index in [0.29, 0.717) is 6.54 Å². The van der Waals surface area contributed by atoms with Crippen molar-refractivity contribution in [3.8, 4) is 11.5 Å². The summed E-state index contributed by atoms with van der Waals surface area (Å²) in [4.78, 5) is 13.1. The molecule has 0 fully saturated rings. The predicted octanol–water partition coefficient (Wildman–Crippen LogP) is 3.89. The number of rotatable bonds is 3. The SMILES string of the molecule is O=C(NCc1cc2ccccn2n1)C1c2ccccc2Oc2ccccc21. The molecule has 0 saturated heterocycles. The number of aromatic nitrogens is 2. The molecule has 0 spiro atoms. The maximum Gasteiger partial charge on any atom is 0.232 e. The second-order valence-corrected chi connectivity index (χ2v) is 6.53. The molecule has 132 valence electrons. The zero-order valence-electron chi connectivity index (χ0n) is 14.5. The number of hydrogen-bond donors (Lipinski definition) is 1. The Kier molecular flexibility index (Phi) is 3.64. The first-order valence-corrected chi connectivity index (χ1v) is 8.86. The van der Waals surface area contributed by atoms with Crippen LogP contribution in [0.5, 0.6) is 11.5 Å². The van der Waals surface area contributed by atoms with E-state index in [1.54, 1.807) is 4.52 Å². The molecule has 0 atom stereocenters. The fourth-order valence-corrected chi connectivity index (χ4v) is 3.55. The van der Waals surface area contributed by atoms with Crippen molar-refractivity contribution >= 4 is 11.4 Å². The van der Waals surface area contributed by atoms with E-state index in [1.807, 2.05) is 79.0 Å². The van der Waals surface area contributed by atoms with Gasteiger partial charge in [-0.2, -0.15) is 5.10 Å².